The Morgan fingerprint density at radius 2 is 1.48 bits per heavy atom. The van der Waals surface area contributed by atoms with Gasteiger partial charge < -0.3 is 28.3 Å². The van der Waals surface area contributed by atoms with Crippen molar-refractivity contribution in [2.24, 2.45) is 0 Å². The van der Waals surface area contributed by atoms with Crippen molar-refractivity contribution in [3.63, 3.8) is 0 Å². The summed E-state index contributed by atoms with van der Waals surface area (Å²) in [6.07, 6.45) is 0. The smallest absolute Gasteiger partial charge is 0.357 e. The Bertz CT molecular complexity index is 1490. The summed E-state index contributed by atoms with van der Waals surface area (Å²) in [7, 11) is 4.65. The van der Waals surface area contributed by atoms with Crippen molar-refractivity contribution in [1.82, 2.24) is 9.55 Å². The molecule has 11 heteroatoms. The highest BCUT2D eigenvalue weighted by atomic mass is 35.5. The van der Waals surface area contributed by atoms with Gasteiger partial charge in [0.1, 0.15) is 16.5 Å². The Hall–Kier alpha value is -3.47. The Labute approximate surface area is 245 Å². The van der Waals surface area contributed by atoms with Crippen molar-refractivity contribution >= 4 is 41.1 Å². The van der Waals surface area contributed by atoms with E-state index in [4.69, 9.17) is 40.3 Å². The molecule has 0 fully saturated rings. The second kappa shape index (κ2) is 12.8. The Kier molecular flexibility index (Phi) is 8.98. The van der Waals surface area contributed by atoms with Crippen LogP contribution in [0.15, 0.2) is 70.8 Å². The number of nitrogens with zero attached hydrogens (tertiary/aromatic N) is 2. The van der Waals surface area contributed by atoms with Crippen LogP contribution in [-0.2, 0) is 22.8 Å². The zero-order chi connectivity index (χ0) is 28.1. The maximum atomic E-state index is 13.2. The van der Waals surface area contributed by atoms with E-state index >= 15 is 0 Å². The number of carbonyl (C=O) groups excluding carboxylic acids is 1. The minimum Gasteiger partial charge on any atom is -0.497 e. The van der Waals surface area contributed by atoms with Crippen LogP contribution >= 0.6 is 35.1 Å². The van der Waals surface area contributed by atoms with E-state index in [1.807, 2.05) is 59.2 Å². The van der Waals surface area contributed by atoms with Gasteiger partial charge in [0, 0.05) is 22.6 Å². The van der Waals surface area contributed by atoms with Gasteiger partial charge in [-0.3, -0.25) is 0 Å². The number of rotatable bonds is 11. The van der Waals surface area contributed by atoms with Crippen molar-refractivity contribution in [3.05, 3.63) is 88.1 Å². The standard InChI is InChI=1S/C29H27ClN2O6S2/c1-34-21-8-4-18(5-9-21)15-39-27-26(28(33)36-3)32(14-20-12-24-25(13-23(20)30)38-17-37-24)29(31-27)40-16-19-6-10-22(35-2)11-7-19/h4-13H,14-17H2,1-3H3. The molecule has 1 aliphatic rings. The van der Waals surface area contributed by atoms with Crippen LogP contribution in [-0.4, -0.2) is 43.6 Å². The summed E-state index contributed by atoms with van der Waals surface area (Å²) < 4.78 is 28.6. The van der Waals surface area contributed by atoms with Crippen molar-refractivity contribution in [2.45, 2.75) is 28.2 Å². The number of aromatic nitrogens is 2. The molecule has 0 saturated heterocycles. The SMILES string of the molecule is COC(=O)c1c(SCc2ccc(OC)cc2)nc(SCc2ccc(OC)cc2)n1Cc1cc2c(cc1Cl)OCO2. The lowest BCUT2D eigenvalue weighted by Gasteiger charge is -2.13. The van der Waals surface area contributed by atoms with Crippen LogP contribution in [0.1, 0.15) is 27.2 Å². The lowest BCUT2D eigenvalue weighted by molar-refractivity contribution is 0.0583. The second-order valence-electron chi connectivity index (χ2n) is 8.70. The van der Waals surface area contributed by atoms with E-state index in [1.54, 1.807) is 20.3 Å². The zero-order valence-electron chi connectivity index (χ0n) is 22.1. The molecule has 0 radical (unpaired) electrons. The fourth-order valence-electron chi connectivity index (χ4n) is 4.06. The highest BCUT2D eigenvalue weighted by Crippen LogP contribution is 2.39. The number of carbonyl (C=O) groups is 1. The molecule has 0 atom stereocenters. The monoisotopic (exact) mass is 598 g/mol. The van der Waals surface area contributed by atoms with Gasteiger partial charge in [-0.15, -0.1) is 0 Å². The first-order valence-electron chi connectivity index (χ1n) is 12.3. The first-order chi connectivity index (χ1) is 19.5. The van der Waals surface area contributed by atoms with Gasteiger partial charge in [0.25, 0.3) is 0 Å². The van der Waals surface area contributed by atoms with Crippen LogP contribution in [0.3, 0.4) is 0 Å². The number of halogens is 1. The average molecular weight is 599 g/mol. The summed E-state index contributed by atoms with van der Waals surface area (Å²) in [5.41, 5.74) is 3.30. The maximum Gasteiger partial charge on any atom is 0.357 e. The summed E-state index contributed by atoms with van der Waals surface area (Å²) in [5.74, 6) is 3.55. The first-order valence-corrected chi connectivity index (χ1v) is 14.6. The molecule has 0 bridgehead atoms. The Morgan fingerprint density at radius 1 is 0.900 bits per heavy atom. The summed E-state index contributed by atoms with van der Waals surface area (Å²) >= 11 is 9.63. The fourth-order valence-corrected chi connectivity index (χ4v) is 6.26. The number of esters is 1. The molecule has 0 spiro atoms. The van der Waals surface area contributed by atoms with E-state index in [0.29, 0.717) is 50.4 Å². The van der Waals surface area contributed by atoms with E-state index in [9.17, 15) is 4.79 Å². The maximum absolute atomic E-state index is 13.2. The van der Waals surface area contributed by atoms with Gasteiger partial charge in [-0.1, -0.05) is 59.4 Å². The summed E-state index contributed by atoms with van der Waals surface area (Å²) in [4.78, 5) is 18.1. The molecular formula is C29H27ClN2O6S2. The molecule has 0 N–H and O–H groups in total. The number of imidazole rings is 1. The Morgan fingerprint density at radius 3 is 2.05 bits per heavy atom. The predicted molar refractivity (Wildman–Crippen MR) is 155 cm³/mol. The van der Waals surface area contributed by atoms with E-state index < -0.39 is 5.97 Å². The average Bonchev–Trinajstić information content (AvgIpc) is 3.58. The van der Waals surface area contributed by atoms with E-state index in [0.717, 1.165) is 28.2 Å². The fraction of sp³-hybridized carbons (Fsp3) is 0.241. The number of thioether (sulfide) groups is 2. The van der Waals surface area contributed by atoms with E-state index in [-0.39, 0.29) is 6.79 Å². The van der Waals surface area contributed by atoms with Gasteiger partial charge in [-0.2, -0.15) is 0 Å². The lowest BCUT2D eigenvalue weighted by Crippen LogP contribution is -2.13. The first kappa shape index (κ1) is 28.1. The number of fused-ring (bicyclic) bond motifs is 1. The largest absolute Gasteiger partial charge is 0.497 e. The van der Waals surface area contributed by atoms with E-state index in [2.05, 4.69) is 0 Å². The van der Waals surface area contributed by atoms with Gasteiger partial charge in [0.15, 0.2) is 22.3 Å². The summed E-state index contributed by atoms with van der Waals surface area (Å²) in [6.45, 7) is 0.434. The molecule has 1 aromatic heterocycles. The van der Waals surface area contributed by atoms with Crippen LogP contribution in [0.25, 0.3) is 0 Å². The molecule has 0 unspecified atom stereocenters. The van der Waals surface area contributed by atoms with Gasteiger partial charge >= 0.3 is 5.97 Å². The van der Waals surface area contributed by atoms with Gasteiger partial charge in [-0.25, -0.2) is 9.78 Å². The van der Waals surface area contributed by atoms with Crippen LogP contribution in [0, 0.1) is 0 Å². The molecule has 2 heterocycles. The van der Waals surface area contributed by atoms with Crippen molar-refractivity contribution < 1.29 is 28.5 Å². The molecule has 0 amide bonds. The molecule has 40 heavy (non-hydrogen) atoms. The number of hydrogen-bond donors (Lipinski definition) is 0. The van der Waals surface area contributed by atoms with Gasteiger partial charge in [0.2, 0.25) is 6.79 Å². The van der Waals surface area contributed by atoms with Crippen LogP contribution in [0.5, 0.6) is 23.0 Å². The van der Waals surface area contributed by atoms with Crippen LogP contribution < -0.4 is 18.9 Å². The molecule has 208 valence electrons. The molecule has 5 rings (SSSR count). The van der Waals surface area contributed by atoms with Gasteiger partial charge in [0.05, 0.1) is 27.9 Å². The number of ether oxygens (including phenoxy) is 5. The highest BCUT2D eigenvalue weighted by molar-refractivity contribution is 7.99. The minimum absolute atomic E-state index is 0.142. The Balaban J connectivity index is 1.49. The summed E-state index contributed by atoms with van der Waals surface area (Å²) in [5, 5.41) is 1.76. The molecule has 1 aliphatic heterocycles. The van der Waals surface area contributed by atoms with Crippen LogP contribution in [0.2, 0.25) is 5.02 Å². The topological polar surface area (TPSA) is 81.0 Å². The lowest BCUT2D eigenvalue weighted by atomic mass is 10.2. The molecular weight excluding hydrogens is 572 g/mol. The zero-order valence-corrected chi connectivity index (χ0v) is 24.5. The molecule has 0 aliphatic carbocycles. The minimum atomic E-state index is -0.474. The van der Waals surface area contributed by atoms with E-state index in [1.165, 1.54) is 30.6 Å². The second-order valence-corrected chi connectivity index (χ2v) is 11.0. The predicted octanol–water partition coefficient (Wildman–Crippen LogP) is 6.70. The quantitative estimate of drug-likeness (QED) is 0.138. The summed E-state index contributed by atoms with van der Waals surface area (Å²) in [6, 6.07) is 19.2. The normalized spacial score (nSPS) is 11.9. The van der Waals surface area contributed by atoms with Crippen LogP contribution in [0.4, 0.5) is 0 Å². The van der Waals surface area contributed by atoms with Crippen molar-refractivity contribution in [2.75, 3.05) is 28.1 Å². The molecule has 4 aromatic rings. The van der Waals surface area contributed by atoms with Crippen molar-refractivity contribution in [3.8, 4) is 23.0 Å². The number of methoxy groups -OCH3 is 3. The highest BCUT2D eigenvalue weighted by Gasteiger charge is 2.26. The third-order valence-electron chi connectivity index (χ3n) is 6.21. The number of hydrogen-bond acceptors (Lipinski definition) is 9. The third kappa shape index (κ3) is 6.29. The van der Waals surface area contributed by atoms with Crippen molar-refractivity contribution in [1.29, 1.82) is 0 Å². The van der Waals surface area contributed by atoms with Gasteiger partial charge in [-0.05, 0) is 47.0 Å². The molecule has 3 aromatic carbocycles. The molecule has 8 nitrogen and oxygen atoms in total. The third-order valence-corrected chi connectivity index (χ3v) is 8.65. The number of benzene rings is 3. The molecule has 0 saturated carbocycles.